The molecule has 150 valence electrons. The van der Waals surface area contributed by atoms with Crippen molar-refractivity contribution in [1.82, 2.24) is 9.21 Å². The Morgan fingerprint density at radius 1 is 1.00 bits per heavy atom. The van der Waals surface area contributed by atoms with E-state index in [1.165, 1.54) is 4.90 Å². The Hall–Kier alpha value is -2.36. The van der Waals surface area contributed by atoms with Crippen LogP contribution >= 0.6 is 0 Å². The Morgan fingerprint density at radius 3 is 2.32 bits per heavy atom. The number of sulfonamides is 1. The third kappa shape index (κ3) is 4.73. The van der Waals surface area contributed by atoms with Gasteiger partial charge in [0, 0.05) is 32.2 Å². The molecule has 2 aromatic carbocycles. The summed E-state index contributed by atoms with van der Waals surface area (Å²) in [6.45, 7) is 0.622. The molecule has 1 aliphatic heterocycles. The lowest BCUT2D eigenvalue weighted by Crippen LogP contribution is -2.51. The highest BCUT2D eigenvalue weighted by atomic mass is 32.2. The Morgan fingerprint density at radius 2 is 1.68 bits per heavy atom. The summed E-state index contributed by atoms with van der Waals surface area (Å²) in [5.41, 5.74) is 0.951. The molecule has 0 atom stereocenters. The van der Waals surface area contributed by atoms with Crippen LogP contribution in [0.2, 0.25) is 0 Å². The van der Waals surface area contributed by atoms with Crippen LogP contribution in [-0.4, -0.2) is 56.3 Å². The van der Waals surface area contributed by atoms with Crippen LogP contribution in [0.25, 0.3) is 0 Å². The van der Waals surface area contributed by atoms with E-state index in [9.17, 15) is 22.0 Å². The van der Waals surface area contributed by atoms with E-state index in [1.54, 1.807) is 0 Å². The van der Waals surface area contributed by atoms with Gasteiger partial charge in [-0.3, -0.25) is 4.79 Å². The van der Waals surface area contributed by atoms with Crippen LogP contribution in [0.1, 0.15) is 5.56 Å². The van der Waals surface area contributed by atoms with Crippen molar-refractivity contribution in [2.45, 2.75) is 11.5 Å². The number of rotatable bonds is 6. The fourth-order valence-electron chi connectivity index (χ4n) is 2.92. The van der Waals surface area contributed by atoms with Crippen LogP contribution in [-0.2, 0) is 26.2 Å². The van der Waals surface area contributed by atoms with Gasteiger partial charge in [-0.05, 0) is 17.7 Å². The zero-order valence-corrected chi connectivity index (χ0v) is 15.9. The molecule has 0 saturated carbocycles. The Balaban J connectivity index is 1.52. The lowest BCUT2D eigenvalue weighted by atomic mass is 10.2. The van der Waals surface area contributed by atoms with Crippen LogP contribution in [0, 0.1) is 11.6 Å². The second-order valence-electron chi connectivity index (χ2n) is 6.34. The zero-order chi connectivity index (χ0) is 20.1. The van der Waals surface area contributed by atoms with Crippen LogP contribution in [0.15, 0.2) is 53.4 Å². The van der Waals surface area contributed by atoms with Gasteiger partial charge in [0.1, 0.15) is 23.1 Å². The fourth-order valence-corrected chi connectivity index (χ4v) is 4.39. The maximum Gasteiger partial charge on any atom is 0.248 e. The van der Waals surface area contributed by atoms with Gasteiger partial charge in [0.15, 0.2) is 0 Å². The molecule has 0 aromatic heterocycles. The number of benzene rings is 2. The first-order chi connectivity index (χ1) is 13.4. The first-order valence-electron chi connectivity index (χ1n) is 8.72. The first-order valence-corrected chi connectivity index (χ1v) is 10.2. The highest BCUT2D eigenvalue weighted by Gasteiger charge is 2.32. The molecule has 9 heteroatoms. The Kier molecular flexibility index (Phi) is 6.38. The summed E-state index contributed by atoms with van der Waals surface area (Å²) < 4.78 is 58.5. The number of hydrogen-bond donors (Lipinski definition) is 0. The molecule has 0 unspecified atom stereocenters. The van der Waals surface area contributed by atoms with Gasteiger partial charge >= 0.3 is 0 Å². The Bertz CT molecular complexity index is 930. The molecule has 0 aliphatic carbocycles. The lowest BCUT2D eigenvalue weighted by molar-refractivity contribution is -0.137. The predicted molar refractivity (Wildman–Crippen MR) is 97.8 cm³/mol. The average molecular weight is 410 g/mol. The molecule has 0 bridgehead atoms. The number of ether oxygens (including phenoxy) is 1. The van der Waals surface area contributed by atoms with E-state index < -0.39 is 26.6 Å². The predicted octanol–water partition coefficient (Wildman–Crippen LogP) is 2.01. The van der Waals surface area contributed by atoms with Crippen molar-refractivity contribution in [3.8, 4) is 0 Å². The van der Waals surface area contributed by atoms with E-state index in [0.29, 0.717) is 12.7 Å². The van der Waals surface area contributed by atoms with Gasteiger partial charge in [-0.1, -0.05) is 30.3 Å². The molecule has 2 aromatic rings. The second-order valence-corrected chi connectivity index (χ2v) is 8.24. The van der Waals surface area contributed by atoms with Gasteiger partial charge < -0.3 is 9.64 Å². The van der Waals surface area contributed by atoms with Crippen molar-refractivity contribution in [2.24, 2.45) is 0 Å². The molecule has 1 amide bonds. The minimum atomic E-state index is -4.09. The van der Waals surface area contributed by atoms with Gasteiger partial charge in [-0.15, -0.1) is 0 Å². The third-order valence-corrected chi connectivity index (χ3v) is 6.37. The topological polar surface area (TPSA) is 66.9 Å². The van der Waals surface area contributed by atoms with E-state index in [1.807, 2.05) is 30.3 Å². The number of hydrogen-bond acceptors (Lipinski definition) is 4. The molecule has 1 fully saturated rings. The highest BCUT2D eigenvalue weighted by molar-refractivity contribution is 7.89. The molecular weight excluding hydrogens is 390 g/mol. The lowest BCUT2D eigenvalue weighted by Gasteiger charge is -2.34. The van der Waals surface area contributed by atoms with E-state index in [4.69, 9.17) is 4.74 Å². The first kappa shape index (κ1) is 20.4. The number of carbonyl (C=O) groups excluding carboxylic acids is 1. The van der Waals surface area contributed by atoms with Crippen molar-refractivity contribution < 1.29 is 26.7 Å². The van der Waals surface area contributed by atoms with Crippen molar-refractivity contribution in [2.75, 3.05) is 32.8 Å². The van der Waals surface area contributed by atoms with Gasteiger partial charge in [-0.25, -0.2) is 17.2 Å². The van der Waals surface area contributed by atoms with Gasteiger partial charge in [0.2, 0.25) is 15.9 Å². The summed E-state index contributed by atoms with van der Waals surface area (Å²) in [6, 6.07) is 11.8. The Labute approximate surface area is 162 Å². The van der Waals surface area contributed by atoms with Gasteiger partial charge in [0.25, 0.3) is 0 Å². The molecule has 1 aliphatic rings. The van der Waals surface area contributed by atoms with Crippen LogP contribution in [0.4, 0.5) is 8.78 Å². The number of carbonyl (C=O) groups is 1. The van der Waals surface area contributed by atoms with Crippen LogP contribution < -0.4 is 0 Å². The van der Waals surface area contributed by atoms with E-state index in [0.717, 1.165) is 22.0 Å². The maximum atomic E-state index is 13.9. The summed E-state index contributed by atoms with van der Waals surface area (Å²) in [4.78, 5) is 13.2. The van der Waals surface area contributed by atoms with Crippen LogP contribution in [0.5, 0.6) is 0 Å². The molecule has 3 rings (SSSR count). The average Bonchev–Trinajstić information content (AvgIpc) is 2.68. The maximum absolute atomic E-state index is 13.9. The summed E-state index contributed by atoms with van der Waals surface area (Å²) in [5, 5.41) is 0. The van der Waals surface area contributed by atoms with E-state index >= 15 is 0 Å². The fraction of sp³-hybridized carbons (Fsp3) is 0.316. The SMILES string of the molecule is O=C(COCc1ccccc1)N1CCN(S(=O)(=O)c2ccc(F)cc2F)CC1. The number of halogens is 2. The van der Waals surface area contributed by atoms with Crippen molar-refractivity contribution in [1.29, 1.82) is 0 Å². The van der Waals surface area contributed by atoms with Crippen molar-refractivity contribution in [3.05, 3.63) is 65.7 Å². The van der Waals surface area contributed by atoms with Crippen molar-refractivity contribution >= 4 is 15.9 Å². The van der Waals surface area contributed by atoms with E-state index in [2.05, 4.69) is 0 Å². The minimum Gasteiger partial charge on any atom is -0.367 e. The molecule has 28 heavy (non-hydrogen) atoms. The molecular formula is C19H20F2N2O4S. The third-order valence-electron chi connectivity index (χ3n) is 4.44. The standard InChI is InChI=1S/C19H20F2N2O4S/c20-16-6-7-18(17(21)12-16)28(25,26)23-10-8-22(9-11-23)19(24)14-27-13-15-4-2-1-3-5-15/h1-7,12H,8-11,13-14H2. The van der Waals surface area contributed by atoms with Gasteiger partial charge in [0.05, 0.1) is 6.61 Å². The largest absolute Gasteiger partial charge is 0.367 e. The molecule has 0 spiro atoms. The highest BCUT2D eigenvalue weighted by Crippen LogP contribution is 2.21. The van der Waals surface area contributed by atoms with Gasteiger partial charge in [-0.2, -0.15) is 4.31 Å². The second kappa shape index (κ2) is 8.76. The smallest absolute Gasteiger partial charge is 0.248 e. The summed E-state index contributed by atoms with van der Waals surface area (Å²) in [6.07, 6.45) is 0. The molecule has 1 saturated heterocycles. The summed E-state index contributed by atoms with van der Waals surface area (Å²) in [7, 11) is -4.09. The number of piperazine rings is 1. The molecule has 0 radical (unpaired) electrons. The number of amides is 1. The quantitative estimate of drug-likeness (QED) is 0.731. The van der Waals surface area contributed by atoms with Crippen molar-refractivity contribution in [3.63, 3.8) is 0 Å². The number of nitrogens with zero attached hydrogens (tertiary/aromatic N) is 2. The summed E-state index contributed by atoms with van der Waals surface area (Å²) >= 11 is 0. The summed E-state index contributed by atoms with van der Waals surface area (Å²) in [5.74, 6) is -2.21. The minimum absolute atomic E-state index is 0.0313. The monoisotopic (exact) mass is 410 g/mol. The molecule has 6 nitrogen and oxygen atoms in total. The van der Waals surface area contributed by atoms with E-state index in [-0.39, 0.29) is 38.7 Å². The normalized spacial score (nSPS) is 15.6. The van der Waals surface area contributed by atoms with Crippen LogP contribution in [0.3, 0.4) is 0 Å². The zero-order valence-electron chi connectivity index (χ0n) is 15.1. The molecule has 0 N–H and O–H groups in total. The molecule has 1 heterocycles.